The summed E-state index contributed by atoms with van der Waals surface area (Å²) >= 11 is 0. The van der Waals surface area contributed by atoms with Gasteiger partial charge >= 0.3 is 17.9 Å². The van der Waals surface area contributed by atoms with E-state index in [0.29, 0.717) is 35.4 Å². The van der Waals surface area contributed by atoms with Gasteiger partial charge in [0, 0.05) is 12.5 Å². The molecule has 1 amide bonds. The molecule has 3 aromatic rings. The number of rotatable bonds is 6. The number of hydrogen-bond acceptors (Lipinski definition) is 9. The fraction of sp³-hybridized carbons (Fsp3) is 0.233. The Balaban J connectivity index is 1.48. The Labute approximate surface area is 245 Å². The predicted octanol–water partition coefficient (Wildman–Crippen LogP) is 2.20. The number of nitrogens with zero attached hydrogens (tertiary/aromatic N) is 2. The SMILES string of the molecule is COc1ccc2c(c1)OC(=O)[C@@H](N(CC(=O)O)C(=O)c1cccc3c1OCCCc1cc(N=C(N)N)ccc1C(=O)O3)C2. The quantitative estimate of drug-likeness (QED) is 0.165. The molecule has 5 N–H and O–H groups in total. The van der Waals surface area contributed by atoms with Crippen LogP contribution < -0.4 is 30.4 Å². The number of aliphatic imine (C=N–C) groups is 1. The van der Waals surface area contributed by atoms with E-state index in [-0.39, 0.29) is 47.4 Å². The van der Waals surface area contributed by atoms with Gasteiger partial charge in [-0.05, 0) is 60.4 Å². The minimum atomic E-state index is -1.34. The highest BCUT2D eigenvalue weighted by atomic mass is 16.6. The van der Waals surface area contributed by atoms with Gasteiger partial charge in [0.05, 0.1) is 30.5 Å². The minimum Gasteiger partial charge on any atom is -0.497 e. The van der Waals surface area contributed by atoms with Crippen molar-refractivity contribution < 1.29 is 43.2 Å². The summed E-state index contributed by atoms with van der Waals surface area (Å²) in [5.74, 6) is -3.13. The van der Waals surface area contributed by atoms with Crippen molar-refractivity contribution in [1.82, 2.24) is 4.90 Å². The molecule has 0 radical (unpaired) electrons. The number of hydrogen-bond donors (Lipinski definition) is 3. The molecule has 13 nitrogen and oxygen atoms in total. The third kappa shape index (κ3) is 6.20. The van der Waals surface area contributed by atoms with Gasteiger partial charge in [0.25, 0.3) is 5.91 Å². The molecule has 2 aliphatic rings. The number of nitrogens with two attached hydrogens (primary N) is 2. The first-order chi connectivity index (χ1) is 20.6. The number of esters is 2. The molecule has 0 spiro atoms. The van der Waals surface area contributed by atoms with Crippen LogP contribution in [0.15, 0.2) is 59.6 Å². The summed E-state index contributed by atoms with van der Waals surface area (Å²) in [7, 11) is 1.47. The summed E-state index contributed by atoms with van der Waals surface area (Å²) in [6, 6.07) is 12.8. The lowest BCUT2D eigenvalue weighted by atomic mass is 9.99. The van der Waals surface area contributed by atoms with Crippen molar-refractivity contribution in [3.63, 3.8) is 0 Å². The summed E-state index contributed by atoms with van der Waals surface area (Å²) < 4.78 is 22.3. The Kier molecular flexibility index (Phi) is 8.14. The molecule has 0 aromatic heterocycles. The average molecular weight is 589 g/mol. The van der Waals surface area contributed by atoms with Gasteiger partial charge < -0.3 is 40.4 Å². The van der Waals surface area contributed by atoms with Crippen LogP contribution in [0.4, 0.5) is 5.69 Å². The normalized spacial score (nSPS) is 15.7. The van der Waals surface area contributed by atoms with E-state index >= 15 is 0 Å². The largest absolute Gasteiger partial charge is 0.497 e. The third-order valence-electron chi connectivity index (χ3n) is 6.93. The number of carbonyl (C=O) groups excluding carboxylic acids is 3. The zero-order chi connectivity index (χ0) is 30.7. The molecule has 222 valence electrons. The van der Waals surface area contributed by atoms with Crippen LogP contribution in [0, 0.1) is 0 Å². The number of benzene rings is 3. The van der Waals surface area contributed by atoms with E-state index in [0.717, 1.165) is 4.90 Å². The molecule has 0 aliphatic carbocycles. The van der Waals surface area contributed by atoms with Gasteiger partial charge in [-0.2, -0.15) is 0 Å². The van der Waals surface area contributed by atoms with Gasteiger partial charge in [0.1, 0.15) is 24.1 Å². The number of carbonyl (C=O) groups is 4. The number of methoxy groups -OCH3 is 1. The van der Waals surface area contributed by atoms with E-state index in [9.17, 15) is 24.3 Å². The molecule has 0 saturated heterocycles. The number of aliphatic carboxylic acids is 1. The number of carboxylic acid groups (broad SMARTS) is 1. The number of carboxylic acids is 1. The molecule has 0 bridgehead atoms. The van der Waals surface area contributed by atoms with Crippen molar-refractivity contribution in [2.75, 3.05) is 20.3 Å². The minimum absolute atomic E-state index is 0.0146. The number of ether oxygens (including phenoxy) is 4. The molecule has 0 saturated carbocycles. The van der Waals surface area contributed by atoms with E-state index in [1.165, 1.54) is 25.3 Å². The maximum Gasteiger partial charge on any atom is 0.343 e. The second kappa shape index (κ2) is 12.1. The fourth-order valence-corrected chi connectivity index (χ4v) is 4.96. The zero-order valence-corrected chi connectivity index (χ0v) is 23.1. The molecule has 1 atom stereocenters. The van der Waals surface area contributed by atoms with Gasteiger partial charge in [-0.1, -0.05) is 12.1 Å². The number of para-hydroxylation sites is 1. The molecule has 3 aromatic carbocycles. The lowest BCUT2D eigenvalue weighted by Crippen LogP contribution is -2.51. The number of guanidine groups is 1. The van der Waals surface area contributed by atoms with Gasteiger partial charge in [0.2, 0.25) is 0 Å². The van der Waals surface area contributed by atoms with Crippen LogP contribution in [0.2, 0.25) is 0 Å². The summed E-state index contributed by atoms with van der Waals surface area (Å²) in [6.45, 7) is -0.667. The van der Waals surface area contributed by atoms with Crippen LogP contribution in [0.1, 0.15) is 38.3 Å². The molecule has 5 rings (SSSR count). The van der Waals surface area contributed by atoms with Crippen LogP contribution in [0.5, 0.6) is 23.0 Å². The highest BCUT2D eigenvalue weighted by Gasteiger charge is 2.39. The Hall–Kier alpha value is -5.59. The highest BCUT2D eigenvalue weighted by Crippen LogP contribution is 2.36. The monoisotopic (exact) mass is 588 g/mol. The van der Waals surface area contributed by atoms with Gasteiger partial charge in [-0.3, -0.25) is 9.59 Å². The molecule has 13 heteroatoms. The van der Waals surface area contributed by atoms with Crippen molar-refractivity contribution in [2.45, 2.75) is 25.3 Å². The van der Waals surface area contributed by atoms with Crippen LogP contribution in [0.25, 0.3) is 0 Å². The van der Waals surface area contributed by atoms with Crippen LogP contribution >= 0.6 is 0 Å². The molecule has 2 aliphatic heterocycles. The standard InChI is InChI=1S/C30H28N4O9/c1-40-19-9-7-17-13-22(29(39)43-24(17)14-19)34(15-25(35)36)27(37)21-5-2-6-23-26(21)41-11-3-4-16-12-18(33-30(31)32)8-10-20(16)28(38)42-23/h2,5-10,12,14,22H,3-4,11,13,15H2,1H3,(H,35,36)(H4,31,32,33)/t22-/m0/s1. The molecule has 0 fully saturated rings. The maximum atomic E-state index is 13.9. The Morgan fingerprint density at radius 2 is 1.86 bits per heavy atom. The Bertz CT molecular complexity index is 1650. The van der Waals surface area contributed by atoms with Crippen molar-refractivity contribution in [3.05, 3.63) is 76.9 Å². The van der Waals surface area contributed by atoms with Gasteiger partial charge in [-0.15, -0.1) is 0 Å². The molecular weight excluding hydrogens is 560 g/mol. The van der Waals surface area contributed by atoms with E-state index in [2.05, 4.69) is 4.99 Å². The first-order valence-corrected chi connectivity index (χ1v) is 13.3. The molecular formula is C30H28N4O9. The van der Waals surface area contributed by atoms with Crippen molar-refractivity contribution in [2.24, 2.45) is 16.5 Å². The lowest BCUT2D eigenvalue weighted by Gasteiger charge is -2.33. The third-order valence-corrected chi connectivity index (χ3v) is 6.93. The summed E-state index contributed by atoms with van der Waals surface area (Å²) in [4.78, 5) is 57.0. The summed E-state index contributed by atoms with van der Waals surface area (Å²) in [6.07, 6.45) is 0.870. The summed E-state index contributed by atoms with van der Waals surface area (Å²) in [5, 5.41) is 9.66. The maximum absolute atomic E-state index is 13.9. The van der Waals surface area contributed by atoms with Crippen LogP contribution in [-0.4, -0.2) is 66.1 Å². The van der Waals surface area contributed by atoms with Gasteiger partial charge in [0.15, 0.2) is 17.5 Å². The topological polar surface area (TPSA) is 193 Å². The lowest BCUT2D eigenvalue weighted by molar-refractivity contribution is -0.143. The van der Waals surface area contributed by atoms with Crippen LogP contribution in [0.3, 0.4) is 0 Å². The molecule has 43 heavy (non-hydrogen) atoms. The number of fused-ring (bicyclic) bond motifs is 3. The first kappa shape index (κ1) is 28.9. The van der Waals surface area contributed by atoms with E-state index in [4.69, 9.17) is 30.4 Å². The smallest absolute Gasteiger partial charge is 0.343 e. The zero-order valence-electron chi connectivity index (χ0n) is 23.1. The number of aryl methyl sites for hydroxylation is 1. The van der Waals surface area contributed by atoms with Gasteiger partial charge in [-0.25, -0.2) is 14.6 Å². The molecule has 0 unspecified atom stereocenters. The summed E-state index contributed by atoms with van der Waals surface area (Å²) in [5.41, 5.74) is 12.9. The van der Waals surface area contributed by atoms with E-state index < -0.39 is 36.4 Å². The second-order valence-corrected chi connectivity index (χ2v) is 9.79. The number of amides is 1. The second-order valence-electron chi connectivity index (χ2n) is 9.79. The average Bonchev–Trinajstić information content (AvgIpc) is 2.97. The molecule has 2 heterocycles. The van der Waals surface area contributed by atoms with E-state index in [1.54, 1.807) is 36.4 Å². The Morgan fingerprint density at radius 3 is 2.60 bits per heavy atom. The van der Waals surface area contributed by atoms with Crippen molar-refractivity contribution in [1.29, 1.82) is 0 Å². The van der Waals surface area contributed by atoms with Crippen LogP contribution in [-0.2, 0) is 22.4 Å². The predicted molar refractivity (Wildman–Crippen MR) is 152 cm³/mol. The highest BCUT2D eigenvalue weighted by molar-refractivity contribution is 6.02. The fourth-order valence-electron chi connectivity index (χ4n) is 4.96. The van der Waals surface area contributed by atoms with Crippen molar-refractivity contribution >= 4 is 35.5 Å². The Morgan fingerprint density at radius 1 is 1.05 bits per heavy atom. The first-order valence-electron chi connectivity index (χ1n) is 13.3. The van der Waals surface area contributed by atoms with E-state index in [1.807, 2.05) is 0 Å². The van der Waals surface area contributed by atoms with Crippen molar-refractivity contribution in [3.8, 4) is 23.0 Å².